The van der Waals surface area contributed by atoms with E-state index in [0.717, 1.165) is 6.42 Å². The van der Waals surface area contributed by atoms with Crippen LogP contribution in [-0.2, 0) is 6.42 Å². The van der Waals surface area contributed by atoms with Crippen molar-refractivity contribution in [3.63, 3.8) is 0 Å². The zero-order valence-corrected chi connectivity index (χ0v) is 12.3. The van der Waals surface area contributed by atoms with E-state index in [1.165, 1.54) is 16.7 Å². The predicted octanol–water partition coefficient (Wildman–Crippen LogP) is 5.03. The lowest BCUT2D eigenvalue weighted by Crippen LogP contribution is -1.87. The van der Waals surface area contributed by atoms with E-state index >= 15 is 0 Å². The van der Waals surface area contributed by atoms with Crippen LogP contribution in [0.1, 0.15) is 44.4 Å². The lowest BCUT2D eigenvalue weighted by Gasteiger charge is -2.01. The molecule has 0 aliphatic heterocycles. The van der Waals surface area contributed by atoms with Gasteiger partial charge in [0.15, 0.2) is 0 Å². The Bertz CT molecular complexity index is 390. The second-order valence-electron chi connectivity index (χ2n) is 3.52. The maximum absolute atomic E-state index is 4.00. The average Bonchev–Trinajstić information content (AvgIpc) is 2.47. The Morgan fingerprint density at radius 3 is 1.67 bits per heavy atom. The summed E-state index contributed by atoms with van der Waals surface area (Å²) in [6, 6.07) is 12.8. The van der Waals surface area contributed by atoms with Crippen molar-refractivity contribution in [2.24, 2.45) is 0 Å². The fraction of sp³-hybridized carbons (Fsp3) is 0.353. The van der Waals surface area contributed by atoms with Crippen LogP contribution in [0.5, 0.6) is 0 Å². The van der Waals surface area contributed by atoms with Gasteiger partial charge in [0.2, 0.25) is 0 Å². The summed E-state index contributed by atoms with van der Waals surface area (Å²) in [5, 5.41) is 0. The van der Waals surface area contributed by atoms with E-state index in [-0.39, 0.29) is 0 Å². The van der Waals surface area contributed by atoms with Gasteiger partial charge in [-0.2, -0.15) is 0 Å². The highest BCUT2D eigenvalue weighted by atomic mass is 14.6. The van der Waals surface area contributed by atoms with E-state index in [4.69, 9.17) is 0 Å². The molecular weight excluding hydrogens is 218 g/mol. The Balaban J connectivity index is 0.000000659. The Morgan fingerprint density at radius 2 is 1.17 bits per heavy atom. The third kappa shape index (κ3) is 6.19. The molecule has 0 saturated heterocycles. The normalized spacial score (nSPS) is 8.50. The van der Waals surface area contributed by atoms with E-state index in [1.807, 2.05) is 40.1 Å². The molecule has 2 rings (SSSR count). The van der Waals surface area contributed by atoms with Gasteiger partial charge in [-0.15, -0.1) is 0 Å². The van der Waals surface area contributed by atoms with Crippen LogP contribution in [0.2, 0.25) is 0 Å². The monoisotopic (exact) mass is 243 g/mol. The van der Waals surface area contributed by atoms with Crippen LogP contribution < -0.4 is 0 Å². The summed E-state index contributed by atoms with van der Waals surface area (Å²) in [7, 11) is 0. The van der Waals surface area contributed by atoms with Gasteiger partial charge in [-0.25, -0.2) is 0 Å². The summed E-state index contributed by atoms with van der Waals surface area (Å²) in [6.45, 7) is 10.1. The van der Waals surface area contributed by atoms with Gasteiger partial charge in [-0.05, 0) is 36.6 Å². The third-order valence-electron chi connectivity index (χ3n) is 2.28. The van der Waals surface area contributed by atoms with Crippen molar-refractivity contribution in [1.29, 1.82) is 0 Å². The molecule has 0 radical (unpaired) electrons. The van der Waals surface area contributed by atoms with Crippen molar-refractivity contribution < 1.29 is 0 Å². The maximum atomic E-state index is 4.00. The zero-order chi connectivity index (χ0) is 13.8. The van der Waals surface area contributed by atoms with Crippen LogP contribution >= 0.6 is 0 Å². The van der Waals surface area contributed by atoms with Crippen molar-refractivity contribution in [3.8, 4) is 0 Å². The standard InChI is InChI=1S/C13H13N.2C2H6/c1-11-2-4-12(5-3-11)10-13-6-8-14-9-7-13;2*1-2/h2-9H,10H2,1H3;2*1-2H3. The van der Waals surface area contributed by atoms with Crippen LogP contribution in [0.15, 0.2) is 48.8 Å². The molecule has 1 heteroatoms. The first-order chi connectivity index (χ1) is 8.84. The predicted molar refractivity (Wildman–Crippen MR) is 80.9 cm³/mol. The topological polar surface area (TPSA) is 12.9 Å². The van der Waals surface area contributed by atoms with Crippen molar-refractivity contribution in [2.45, 2.75) is 41.0 Å². The Hall–Kier alpha value is -1.63. The average molecular weight is 243 g/mol. The molecule has 0 spiro atoms. The van der Waals surface area contributed by atoms with Gasteiger partial charge in [0, 0.05) is 12.4 Å². The SMILES string of the molecule is CC.CC.Cc1ccc(Cc2ccncc2)cc1. The first kappa shape index (κ1) is 16.4. The number of hydrogen-bond donors (Lipinski definition) is 0. The number of aromatic nitrogens is 1. The van der Waals surface area contributed by atoms with E-state index in [1.54, 1.807) is 0 Å². The minimum absolute atomic E-state index is 0.989. The molecule has 1 nitrogen and oxygen atoms in total. The molecule has 18 heavy (non-hydrogen) atoms. The number of benzene rings is 1. The van der Waals surface area contributed by atoms with Crippen molar-refractivity contribution in [1.82, 2.24) is 4.98 Å². The summed E-state index contributed by atoms with van der Waals surface area (Å²) in [4.78, 5) is 4.00. The molecule has 0 saturated carbocycles. The van der Waals surface area contributed by atoms with Gasteiger partial charge < -0.3 is 0 Å². The molecule has 0 aliphatic carbocycles. The lowest BCUT2D eigenvalue weighted by atomic mass is 10.1. The third-order valence-corrected chi connectivity index (χ3v) is 2.28. The minimum Gasteiger partial charge on any atom is -0.265 e. The van der Waals surface area contributed by atoms with E-state index in [0.29, 0.717) is 0 Å². The Kier molecular flexibility index (Phi) is 9.57. The van der Waals surface area contributed by atoms with Gasteiger partial charge in [0.1, 0.15) is 0 Å². The first-order valence-electron chi connectivity index (χ1n) is 6.79. The number of aryl methyl sites for hydroxylation is 1. The van der Waals surface area contributed by atoms with Crippen LogP contribution in [0.3, 0.4) is 0 Å². The number of nitrogens with zero attached hydrogens (tertiary/aromatic N) is 1. The molecule has 0 fully saturated rings. The molecule has 1 aromatic heterocycles. The smallest absolute Gasteiger partial charge is 0.0270 e. The Labute approximate surface area is 112 Å². The van der Waals surface area contributed by atoms with E-state index < -0.39 is 0 Å². The van der Waals surface area contributed by atoms with E-state index in [2.05, 4.69) is 48.3 Å². The largest absolute Gasteiger partial charge is 0.265 e. The quantitative estimate of drug-likeness (QED) is 0.720. The summed E-state index contributed by atoms with van der Waals surface area (Å²) in [5.74, 6) is 0. The highest BCUT2D eigenvalue weighted by molar-refractivity contribution is 5.27. The molecule has 0 aliphatic rings. The van der Waals surface area contributed by atoms with Gasteiger partial charge in [0.25, 0.3) is 0 Å². The molecule has 98 valence electrons. The Morgan fingerprint density at radius 1 is 0.722 bits per heavy atom. The zero-order valence-electron chi connectivity index (χ0n) is 12.3. The second-order valence-corrected chi connectivity index (χ2v) is 3.52. The minimum atomic E-state index is 0.989. The fourth-order valence-electron chi connectivity index (χ4n) is 1.44. The van der Waals surface area contributed by atoms with Crippen LogP contribution in [0.25, 0.3) is 0 Å². The molecule has 0 amide bonds. The summed E-state index contributed by atoms with van der Waals surface area (Å²) in [6.07, 6.45) is 4.66. The van der Waals surface area contributed by atoms with Crippen LogP contribution in [0.4, 0.5) is 0 Å². The second kappa shape index (κ2) is 10.5. The van der Waals surface area contributed by atoms with Crippen molar-refractivity contribution >= 4 is 0 Å². The van der Waals surface area contributed by atoms with Crippen molar-refractivity contribution in [3.05, 3.63) is 65.5 Å². The molecule has 1 heterocycles. The summed E-state index contributed by atoms with van der Waals surface area (Å²) in [5.41, 5.74) is 3.97. The first-order valence-corrected chi connectivity index (χ1v) is 6.79. The molecule has 2 aromatic rings. The van der Waals surface area contributed by atoms with Gasteiger partial charge in [0.05, 0.1) is 0 Å². The van der Waals surface area contributed by atoms with Gasteiger partial charge >= 0.3 is 0 Å². The molecule has 0 bridgehead atoms. The number of rotatable bonds is 2. The van der Waals surface area contributed by atoms with Crippen LogP contribution in [0, 0.1) is 6.92 Å². The molecule has 0 N–H and O–H groups in total. The molecule has 0 unspecified atom stereocenters. The fourth-order valence-corrected chi connectivity index (χ4v) is 1.44. The summed E-state index contributed by atoms with van der Waals surface area (Å²) >= 11 is 0. The molecular formula is C17H25N. The maximum Gasteiger partial charge on any atom is 0.0270 e. The van der Waals surface area contributed by atoms with E-state index in [9.17, 15) is 0 Å². The molecule has 0 atom stereocenters. The van der Waals surface area contributed by atoms with Crippen LogP contribution in [-0.4, -0.2) is 4.98 Å². The highest BCUT2D eigenvalue weighted by Gasteiger charge is 1.94. The lowest BCUT2D eigenvalue weighted by molar-refractivity contribution is 1.16. The number of hydrogen-bond acceptors (Lipinski definition) is 1. The molecule has 1 aromatic carbocycles. The van der Waals surface area contributed by atoms with Gasteiger partial charge in [-0.3, -0.25) is 4.98 Å². The van der Waals surface area contributed by atoms with Gasteiger partial charge in [-0.1, -0.05) is 57.5 Å². The highest BCUT2D eigenvalue weighted by Crippen LogP contribution is 2.09. The number of pyridine rings is 1. The summed E-state index contributed by atoms with van der Waals surface area (Å²) < 4.78 is 0. The van der Waals surface area contributed by atoms with Crippen molar-refractivity contribution in [2.75, 3.05) is 0 Å².